The van der Waals surface area contributed by atoms with Crippen molar-refractivity contribution in [2.24, 2.45) is 5.92 Å². The Labute approximate surface area is 156 Å². The second-order valence-corrected chi connectivity index (χ2v) is 7.28. The van der Waals surface area contributed by atoms with Gasteiger partial charge in [0.15, 0.2) is 0 Å². The van der Waals surface area contributed by atoms with Gasteiger partial charge in [-0.15, -0.1) is 0 Å². The lowest BCUT2D eigenvalue weighted by atomic mass is 9.98. The molecule has 142 valence electrons. The summed E-state index contributed by atoms with van der Waals surface area (Å²) >= 11 is 0. The minimum Gasteiger partial charge on any atom is -0.385 e. The summed E-state index contributed by atoms with van der Waals surface area (Å²) < 4.78 is 0. The number of hydrogen-bond acceptors (Lipinski definition) is 6. The van der Waals surface area contributed by atoms with E-state index in [2.05, 4.69) is 16.0 Å². The van der Waals surface area contributed by atoms with Gasteiger partial charge in [-0.25, -0.2) is 0 Å². The van der Waals surface area contributed by atoms with E-state index in [-0.39, 0.29) is 18.7 Å². The number of amides is 4. The Balaban J connectivity index is 1.49. The molecule has 3 aliphatic rings. The standard InChI is InChI=1S/C19H22N4O4/c24-16-4-3-15(17(25)22-16)23-18(26)13-2-1-12(9-14(13)19(23)27)21-10-11-5-7-20-8-6-11/h1-2,9,11,15,20-21H,3-8,10H2,(H,22,24,25). The molecule has 3 N–H and O–H groups in total. The van der Waals surface area contributed by atoms with E-state index < -0.39 is 23.8 Å². The van der Waals surface area contributed by atoms with Gasteiger partial charge >= 0.3 is 0 Å². The maximum atomic E-state index is 12.8. The summed E-state index contributed by atoms with van der Waals surface area (Å²) in [6.07, 6.45) is 2.50. The summed E-state index contributed by atoms with van der Waals surface area (Å²) in [7, 11) is 0. The van der Waals surface area contributed by atoms with Gasteiger partial charge < -0.3 is 10.6 Å². The number of benzene rings is 1. The fourth-order valence-corrected chi connectivity index (χ4v) is 3.93. The first kappa shape index (κ1) is 17.7. The number of anilines is 1. The summed E-state index contributed by atoms with van der Waals surface area (Å²) in [6, 6.07) is 4.18. The summed E-state index contributed by atoms with van der Waals surface area (Å²) in [4.78, 5) is 49.9. The van der Waals surface area contributed by atoms with E-state index in [1.807, 2.05) is 0 Å². The number of carbonyl (C=O) groups excluding carboxylic acids is 4. The molecular formula is C19H22N4O4. The van der Waals surface area contributed by atoms with Crippen LogP contribution >= 0.6 is 0 Å². The lowest BCUT2D eigenvalue weighted by molar-refractivity contribution is -0.136. The molecule has 3 aliphatic heterocycles. The molecule has 0 bridgehead atoms. The Kier molecular flexibility index (Phi) is 4.65. The van der Waals surface area contributed by atoms with Crippen molar-refractivity contribution in [1.82, 2.24) is 15.5 Å². The molecule has 1 aromatic rings. The molecule has 27 heavy (non-hydrogen) atoms. The minimum absolute atomic E-state index is 0.118. The zero-order valence-electron chi connectivity index (χ0n) is 14.9. The first-order chi connectivity index (χ1) is 13.0. The van der Waals surface area contributed by atoms with Crippen LogP contribution in [-0.2, 0) is 9.59 Å². The molecule has 1 unspecified atom stereocenters. The highest BCUT2D eigenvalue weighted by atomic mass is 16.2. The number of rotatable bonds is 4. The predicted octanol–water partition coefficient (Wildman–Crippen LogP) is 0.499. The first-order valence-corrected chi connectivity index (χ1v) is 9.35. The highest BCUT2D eigenvalue weighted by molar-refractivity contribution is 6.23. The Morgan fingerprint density at radius 3 is 2.48 bits per heavy atom. The van der Waals surface area contributed by atoms with Crippen molar-refractivity contribution >= 4 is 29.3 Å². The molecule has 3 heterocycles. The van der Waals surface area contributed by atoms with E-state index in [0.29, 0.717) is 17.0 Å². The molecule has 0 saturated carbocycles. The Morgan fingerprint density at radius 1 is 1.00 bits per heavy atom. The number of fused-ring (bicyclic) bond motifs is 1. The zero-order valence-corrected chi connectivity index (χ0v) is 14.9. The van der Waals surface area contributed by atoms with Gasteiger partial charge in [-0.3, -0.25) is 29.4 Å². The topological polar surface area (TPSA) is 108 Å². The second-order valence-electron chi connectivity index (χ2n) is 7.28. The van der Waals surface area contributed by atoms with E-state index in [0.717, 1.165) is 43.1 Å². The van der Waals surface area contributed by atoms with Crippen LogP contribution in [0.3, 0.4) is 0 Å². The van der Waals surface area contributed by atoms with Gasteiger partial charge in [0.05, 0.1) is 11.1 Å². The van der Waals surface area contributed by atoms with Crippen LogP contribution in [0.4, 0.5) is 5.69 Å². The third-order valence-electron chi connectivity index (χ3n) is 5.49. The molecule has 1 atom stereocenters. The van der Waals surface area contributed by atoms with Gasteiger partial charge in [-0.2, -0.15) is 0 Å². The Morgan fingerprint density at radius 2 is 1.74 bits per heavy atom. The third-order valence-corrected chi connectivity index (χ3v) is 5.49. The number of nitrogens with one attached hydrogen (secondary N) is 3. The average molecular weight is 370 g/mol. The van der Waals surface area contributed by atoms with Gasteiger partial charge in [0, 0.05) is 18.7 Å². The van der Waals surface area contributed by atoms with Gasteiger partial charge in [0.2, 0.25) is 11.8 Å². The maximum absolute atomic E-state index is 12.8. The summed E-state index contributed by atoms with van der Waals surface area (Å²) in [5.41, 5.74) is 1.40. The number of nitrogens with zero attached hydrogens (tertiary/aromatic N) is 1. The van der Waals surface area contributed by atoms with Gasteiger partial charge in [0.25, 0.3) is 11.8 Å². The average Bonchev–Trinajstić information content (AvgIpc) is 2.92. The van der Waals surface area contributed by atoms with Crippen LogP contribution in [0.5, 0.6) is 0 Å². The smallest absolute Gasteiger partial charge is 0.262 e. The summed E-state index contributed by atoms with van der Waals surface area (Å²) in [6.45, 7) is 2.86. The molecule has 2 saturated heterocycles. The summed E-state index contributed by atoms with van der Waals surface area (Å²) in [5.74, 6) is -1.34. The zero-order chi connectivity index (χ0) is 19.0. The van der Waals surface area contributed by atoms with Crippen LogP contribution in [0, 0.1) is 5.92 Å². The maximum Gasteiger partial charge on any atom is 0.262 e. The van der Waals surface area contributed by atoms with Crippen LogP contribution in [0.15, 0.2) is 18.2 Å². The van der Waals surface area contributed by atoms with E-state index in [1.54, 1.807) is 18.2 Å². The normalized spacial score (nSPS) is 23.4. The molecule has 0 spiro atoms. The van der Waals surface area contributed by atoms with Crippen molar-refractivity contribution in [3.05, 3.63) is 29.3 Å². The molecule has 8 nitrogen and oxygen atoms in total. The van der Waals surface area contributed by atoms with Crippen molar-refractivity contribution in [2.75, 3.05) is 25.0 Å². The number of piperidine rings is 2. The monoisotopic (exact) mass is 370 g/mol. The van der Waals surface area contributed by atoms with Crippen LogP contribution in [0.25, 0.3) is 0 Å². The van der Waals surface area contributed by atoms with Crippen molar-refractivity contribution in [1.29, 1.82) is 0 Å². The fraction of sp³-hybridized carbons (Fsp3) is 0.474. The SMILES string of the molecule is O=C1CCC(N2C(=O)c3ccc(NCC4CCNCC4)cc3C2=O)C(=O)N1. The molecule has 4 rings (SSSR count). The number of hydrogen-bond donors (Lipinski definition) is 3. The third kappa shape index (κ3) is 3.32. The molecule has 4 amide bonds. The van der Waals surface area contributed by atoms with Crippen LogP contribution < -0.4 is 16.0 Å². The Hall–Kier alpha value is -2.74. The molecule has 2 fully saturated rings. The quantitative estimate of drug-likeness (QED) is 0.666. The van der Waals surface area contributed by atoms with Crippen molar-refractivity contribution in [3.63, 3.8) is 0 Å². The molecule has 8 heteroatoms. The van der Waals surface area contributed by atoms with Gasteiger partial charge in [-0.1, -0.05) is 0 Å². The van der Waals surface area contributed by atoms with E-state index in [1.165, 1.54) is 0 Å². The highest BCUT2D eigenvalue weighted by Crippen LogP contribution is 2.29. The van der Waals surface area contributed by atoms with Crippen molar-refractivity contribution < 1.29 is 19.2 Å². The summed E-state index contributed by atoms with van der Waals surface area (Å²) in [5, 5.41) is 8.89. The second kappa shape index (κ2) is 7.11. The van der Waals surface area contributed by atoms with E-state index in [9.17, 15) is 19.2 Å². The number of imide groups is 2. The highest BCUT2D eigenvalue weighted by Gasteiger charge is 2.44. The minimum atomic E-state index is -0.929. The van der Waals surface area contributed by atoms with Crippen molar-refractivity contribution in [3.8, 4) is 0 Å². The number of carbonyl (C=O) groups is 4. The molecule has 0 radical (unpaired) electrons. The van der Waals surface area contributed by atoms with Crippen molar-refractivity contribution in [2.45, 2.75) is 31.7 Å². The van der Waals surface area contributed by atoms with Gasteiger partial charge in [-0.05, 0) is 56.5 Å². The van der Waals surface area contributed by atoms with Crippen LogP contribution in [-0.4, -0.2) is 54.2 Å². The first-order valence-electron chi connectivity index (χ1n) is 9.35. The predicted molar refractivity (Wildman–Crippen MR) is 97.2 cm³/mol. The fourth-order valence-electron chi connectivity index (χ4n) is 3.93. The lowest BCUT2D eigenvalue weighted by Gasteiger charge is -2.27. The lowest BCUT2D eigenvalue weighted by Crippen LogP contribution is -2.54. The molecule has 0 aromatic heterocycles. The van der Waals surface area contributed by atoms with Crippen LogP contribution in [0.2, 0.25) is 0 Å². The van der Waals surface area contributed by atoms with E-state index in [4.69, 9.17) is 0 Å². The molecular weight excluding hydrogens is 348 g/mol. The van der Waals surface area contributed by atoms with Crippen LogP contribution in [0.1, 0.15) is 46.4 Å². The van der Waals surface area contributed by atoms with E-state index >= 15 is 0 Å². The molecule has 1 aromatic carbocycles. The molecule has 0 aliphatic carbocycles. The Bertz CT molecular complexity index is 816. The van der Waals surface area contributed by atoms with Gasteiger partial charge in [0.1, 0.15) is 6.04 Å². The largest absolute Gasteiger partial charge is 0.385 e.